The van der Waals surface area contributed by atoms with Gasteiger partial charge in [0.25, 0.3) is 0 Å². The Kier molecular flexibility index (Phi) is 4.31. The van der Waals surface area contributed by atoms with Crippen LogP contribution in [0.2, 0.25) is 0 Å². The van der Waals surface area contributed by atoms with E-state index < -0.39 is 0 Å². The van der Waals surface area contributed by atoms with Crippen LogP contribution in [0.1, 0.15) is 31.9 Å². The van der Waals surface area contributed by atoms with Gasteiger partial charge in [-0.1, -0.05) is 13.3 Å². The Bertz CT molecular complexity index is 336. The van der Waals surface area contributed by atoms with E-state index in [4.69, 9.17) is 0 Å². The third-order valence-corrected chi connectivity index (χ3v) is 3.48. The zero-order valence-electron chi connectivity index (χ0n) is 10.8. The molecule has 1 aliphatic heterocycles. The lowest BCUT2D eigenvalue weighted by Crippen LogP contribution is -2.35. The van der Waals surface area contributed by atoms with E-state index in [0.717, 1.165) is 37.1 Å². The maximum atomic E-state index is 4.33. The maximum Gasteiger partial charge on any atom is 0.151 e. The zero-order chi connectivity index (χ0) is 12.1. The molecule has 0 amide bonds. The van der Waals surface area contributed by atoms with Gasteiger partial charge in [0.1, 0.15) is 0 Å². The summed E-state index contributed by atoms with van der Waals surface area (Å²) in [5, 5.41) is 11.6. The van der Waals surface area contributed by atoms with Crippen LogP contribution in [0.15, 0.2) is 12.1 Å². The molecule has 2 rings (SSSR count). The van der Waals surface area contributed by atoms with Crippen LogP contribution in [0.4, 0.5) is 5.82 Å². The van der Waals surface area contributed by atoms with Crippen LogP contribution in [0.5, 0.6) is 0 Å². The molecule has 4 heteroatoms. The highest BCUT2D eigenvalue weighted by atomic mass is 15.3. The molecule has 0 bridgehead atoms. The summed E-state index contributed by atoms with van der Waals surface area (Å²) >= 11 is 0. The van der Waals surface area contributed by atoms with Gasteiger partial charge in [-0.3, -0.25) is 0 Å². The minimum atomic E-state index is 0.783. The smallest absolute Gasteiger partial charge is 0.151 e. The van der Waals surface area contributed by atoms with Gasteiger partial charge in [0, 0.05) is 19.6 Å². The van der Waals surface area contributed by atoms with Gasteiger partial charge in [-0.05, 0) is 37.9 Å². The van der Waals surface area contributed by atoms with Crippen molar-refractivity contribution in [3.63, 3.8) is 0 Å². The number of rotatable bonds is 4. The molecular weight excluding hydrogens is 212 g/mol. The number of hydrogen-bond acceptors (Lipinski definition) is 4. The molecule has 0 aliphatic carbocycles. The average Bonchev–Trinajstić information content (AvgIpc) is 2.40. The first kappa shape index (κ1) is 12.3. The number of nitrogens with one attached hydrogen (secondary N) is 1. The third kappa shape index (κ3) is 3.16. The first-order chi connectivity index (χ1) is 8.33. The first-order valence-corrected chi connectivity index (χ1v) is 6.55. The number of nitrogens with zero attached hydrogens (tertiary/aromatic N) is 3. The summed E-state index contributed by atoms with van der Waals surface area (Å²) in [5.41, 5.74) is 1.00. The second-order valence-corrected chi connectivity index (χ2v) is 4.78. The molecule has 1 N–H and O–H groups in total. The van der Waals surface area contributed by atoms with Crippen LogP contribution >= 0.6 is 0 Å². The molecule has 94 valence electrons. The number of aromatic nitrogens is 2. The van der Waals surface area contributed by atoms with Crippen LogP contribution in [0, 0.1) is 5.92 Å². The van der Waals surface area contributed by atoms with E-state index in [9.17, 15) is 0 Å². The van der Waals surface area contributed by atoms with Crippen molar-refractivity contribution in [2.75, 3.05) is 25.0 Å². The molecule has 1 unspecified atom stereocenters. The van der Waals surface area contributed by atoms with Gasteiger partial charge in [-0.15, -0.1) is 5.10 Å². The Morgan fingerprint density at radius 3 is 2.94 bits per heavy atom. The van der Waals surface area contributed by atoms with Gasteiger partial charge in [0.2, 0.25) is 0 Å². The topological polar surface area (TPSA) is 41.0 Å². The van der Waals surface area contributed by atoms with Crippen LogP contribution in [0.25, 0.3) is 0 Å². The molecule has 0 radical (unpaired) electrons. The molecule has 17 heavy (non-hydrogen) atoms. The largest absolute Gasteiger partial charge is 0.355 e. The van der Waals surface area contributed by atoms with Crippen LogP contribution < -0.4 is 10.2 Å². The Hall–Kier alpha value is -1.16. The normalized spacial score (nSPS) is 20.6. The van der Waals surface area contributed by atoms with Crippen molar-refractivity contribution < 1.29 is 0 Å². The van der Waals surface area contributed by atoms with E-state index in [-0.39, 0.29) is 0 Å². The lowest BCUT2D eigenvalue weighted by atomic mass is 9.96. The fourth-order valence-electron chi connectivity index (χ4n) is 2.40. The summed E-state index contributed by atoms with van der Waals surface area (Å²) in [6.07, 6.45) is 3.90. The summed E-state index contributed by atoms with van der Waals surface area (Å²) < 4.78 is 0. The van der Waals surface area contributed by atoms with E-state index in [2.05, 4.69) is 39.5 Å². The Balaban J connectivity index is 2.01. The molecule has 4 nitrogen and oxygen atoms in total. The van der Waals surface area contributed by atoms with Crippen LogP contribution in [-0.2, 0) is 6.54 Å². The Morgan fingerprint density at radius 1 is 1.41 bits per heavy atom. The molecule has 0 saturated carbocycles. The molecule has 1 aromatic rings. The molecule has 1 aromatic heterocycles. The highest BCUT2D eigenvalue weighted by Gasteiger charge is 2.19. The molecule has 2 heterocycles. The van der Waals surface area contributed by atoms with E-state index in [0.29, 0.717) is 0 Å². The van der Waals surface area contributed by atoms with Crippen molar-refractivity contribution in [1.29, 1.82) is 0 Å². The average molecular weight is 234 g/mol. The molecule has 1 atom stereocenters. The van der Waals surface area contributed by atoms with Crippen molar-refractivity contribution in [2.45, 2.75) is 32.7 Å². The molecule has 1 aliphatic rings. The van der Waals surface area contributed by atoms with Crippen LogP contribution in [-0.4, -0.2) is 30.3 Å². The van der Waals surface area contributed by atoms with E-state index in [1.165, 1.54) is 19.3 Å². The summed E-state index contributed by atoms with van der Waals surface area (Å²) in [4.78, 5) is 2.37. The van der Waals surface area contributed by atoms with E-state index in [1.54, 1.807) is 0 Å². The molecule has 0 spiro atoms. The van der Waals surface area contributed by atoms with E-state index >= 15 is 0 Å². The van der Waals surface area contributed by atoms with E-state index in [1.807, 2.05) is 7.05 Å². The molecular formula is C13H22N4. The van der Waals surface area contributed by atoms with Gasteiger partial charge in [0.05, 0.1) is 5.69 Å². The Labute approximate surface area is 103 Å². The highest BCUT2D eigenvalue weighted by molar-refractivity contribution is 5.37. The summed E-state index contributed by atoms with van der Waals surface area (Å²) in [6, 6.07) is 4.16. The molecule has 1 fully saturated rings. The highest BCUT2D eigenvalue weighted by Crippen LogP contribution is 2.22. The lowest BCUT2D eigenvalue weighted by molar-refractivity contribution is 0.402. The van der Waals surface area contributed by atoms with Gasteiger partial charge in [-0.2, -0.15) is 5.10 Å². The number of hydrogen-bond donors (Lipinski definition) is 1. The van der Waals surface area contributed by atoms with Crippen molar-refractivity contribution >= 4 is 5.82 Å². The van der Waals surface area contributed by atoms with Gasteiger partial charge in [0.15, 0.2) is 5.82 Å². The van der Waals surface area contributed by atoms with Crippen molar-refractivity contribution in [2.24, 2.45) is 5.92 Å². The van der Waals surface area contributed by atoms with Crippen molar-refractivity contribution in [1.82, 2.24) is 15.5 Å². The summed E-state index contributed by atoms with van der Waals surface area (Å²) in [5.74, 6) is 1.85. The maximum absolute atomic E-state index is 4.33. The third-order valence-electron chi connectivity index (χ3n) is 3.48. The second-order valence-electron chi connectivity index (χ2n) is 4.78. The van der Waals surface area contributed by atoms with Gasteiger partial charge in [-0.25, -0.2) is 0 Å². The van der Waals surface area contributed by atoms with Crippen molar-refractivity contribution in [3.8, 4) is 0 Å². The fraction of sp³-hybridized carbons (Fsp3) is 0.692. The van der Waals surface area contributed by atoms with Crippen LogP contribution in [0.3, 0.4) is 0 Å². The minimum Gasteiger partial charge on any atom is -0.355 e. The second kappa shape index (κ2) is 5.96. The quantitative estimate of drug-likeness (QED) is 0.863. The van der Waals surface area contributed by atoms with Gasteiger partial charge < -0.3 is 10.2 Å². The minimum absolute atomic E-state index is 0.783. The summed E-state index contributed by atoms with van der Waals surface area (Å²) in [6.45, 7) is 5.31. The first-order valence-electron chi connectivity index (χ1n) is 6.55. The summed E-state index contributed by atoms with van der Waals surface area (Å²) in [7, 11) is 1.92. The predicted octanol–water partition coefficient (Wildman–Crippen LogP) is 1.82. The SMILES string of the molecule is CCC1CCCN(c2ccc(CNC)nn2)C1. The standard InChI is InChI=1S/C13H22N4/c1-3-11-5-4-8-17(10-11)13-7-6-12(9-14-2)15-16-13/h6-7,11,14H,3-5,8-10H2,1-2H3. The van der Waals surface area contributed by atoms with Gasteiger partial charge >= 0.3 is 0 Å². The fourth-order valence-corrected chi connectivity index (χ4v) is 2.40. The zero-order valence-corrected chi connectivity index (χ0v) is 10.8. The number of piperidine rings is 1. The molecule has 0 aromatic carbocycles. The van der Waals surface area contributed by atoms with Crippen molar-refractivity contribution in [3.05, 3.63) is 17.8 Å². The monoisotopic (exact) mass is 234 g/mol. The Morgan fingerprint density at radius 2 is 2.29 bits per heavy atom. The predicted molar refractivity (Wildman–Crippen MR) is 70.0 cm³/mol. The number of anilines is 1. The lowest BCUT2D eigenvalue weighted by Gasteiger charge is -2.32. The molecule has 1 saturated heterocycles.